The number of aliphatic hydroxyl groups excluding tert-OH is 2. The quantitative estimate of drug-likeness (QED) is 0.684. The Morgan fingerprint density at radius 2 is 1.78 bits per heavy atom. The van der Waals surface area contributed by atoms with Gasteiger partial charge < -0.3 is 15.3 Å². The van der Waals surface area contributed by atoms with Gasteiger partial charge in [-0.2, -0.15) is 0 Å². The van der Waals surface area contributed by atoms with Gasteiger partial charge in [0.25, 0.3) is 0 Å². The molecule has 3 N–H and O–H groups in total. The number of hydrogen-bond donors (Lipinski definition) is 3. The van der Waals surface area contributed by atoms with E-state index in [9.17, 15) is 15.0 Å². The molecule has 4 fully saturated rings. The molecule has 0 aromatic heterocycles. The van der Waals surface area contributed by atoms with Crippen molar-refractivity contribution in [2.75, 3.05) is 0 Å². The minimum Gasteiger partial charge on any atom is -0.481 e. The summed E-state index contributed by atoms with van der Waals surface area (Å²) in [6.07, 6.45) is 10.3. The number of fused-ring (bicyclic) bond motifs is 5. The van der Waals surface area contributed by atoms with E-state index < -0.39 is 5.97 Å². The van der Waals surface area contributed by atoms with Crippen molar-refractivity contribution in [3.05, 3.63) is 0 Å². The Balaban J connectivity index is 1.53. The third-order valence-electron chi connectivity index (χ3n) is 9.88. The summed E-state index contributed by atoms with van der Waals surface area (Å²) in [5.41, 5.74) is 0.253. The Morgan fingerprint density at radius 3 is 2.52 bits per heavy atom. The molecule has 0 spiro atoms. The third kappa shape index (κ3) is 3.06. The Labute approximate surface area is 163 Å². The number of aliphatic carboxylic acids is 1. The second-order valence-electron chi connectivity index (χ2n) is 10.8. The lowest BCUT2D eigenvalue weighted by Crippen LogP contribution is -2.58. The van der Waals surface area contributed by atoms with Gasteiger partial charge in [-0.05, 0) is 105 Å². The van der Waals surface area contributed by atoms with Crippen molar-refractivity contribution < 1.29 is 20.1 Å². The van der Waals surface area contributed by atoms with Crippen molar-refractivity contribution in [2.24, 2.45) is 40.4 Å². The molecule has 0 saturated heterocycles. The van der Waals surface area contributed by atoms with Crippen LogP contribution in [0.25, 0.3) is 0 Å². The maximum absolute atomic E-state index is 11.3. The van der Waals surface area contributed by atoms with Gasteiger partial charge in [0, 0.05) is 6.42 Å². The highest BCUT2D eigenvalue weighted by molar-refractivity contribution is 5.66. The summed E-state index contributed by atoms with van der Waals surface area (Å²) in [7, 11) is 0. The second kappa shape index (κ2) is 7.02. The zero-order valence-corrected chi connectivity index (χ0v) is 17.1. The van der Waals surface area contributed by atoms with Crippen LogP contribution >= 0.6 is 0 Å². The van der Waals surface area contributed by atoms with Gasteiger partial charge >= 0.3 is 5.97 Å². The van der Waals surface area contributed by atoms with E-state index in [0.717, 1.165) is 44.9 Å². The Kier molecular flexibility index (Phi) is 5.12. The fraction of sp³-hybridized carbons (Fsp3) is 0.957. The molecule has 5 unspecified atom stereocenters. The molecule has 9 atom stereocenters. The van der Waals surface area contributed by atoms with Gasteiger partial charge in [-0.1, -0.05) is 13.8 Å². The topological polar surface area (TPSA) is 77.8 Å². The van der Waals surface area contributed by atoms with Crippen molar-refractivity contribution in [1.82, 2.24) is 0 Å². The number of carboxylic acids is 1. The van der Waals surface area contributed by atoms with E-state index in [1.807, 2.05) is 0 Å². The van der Waals surface area contributed by atoms with Gasteiger partial charge in [-0.15, -0.1) is 0 Å². The van der Waals surface area contributed by atoms with Crippen LogP contribution in [0.15, 0.2) is 0 Å². The van der Waals surface area contributed by atoms with Crippen LogP contribution in [0.4, 0.5) is 0 Å². The highest BCUT2D eigenvalue weighted by Crippen LogP contribution is 2.67. The Morgan fingerprint density at radius 1 is 1.00 bits per heavy atom. The Hall–Kier alpha value is -0.610. The average molecular weight is 379 g/mol. The molecule has 154 valence electrons. The second-order valence-corrected chi connectivity index (χ2v) is 10.8. The van der Waals surface area contributed by atoms with Crippen LogP contribution in [0.1, 0.15) is 84.5 Å². The third-order valence-corrected chi connectivity index (χ3v) is 9.88. The smallest absolute Gasteiger partial charge is 0.303 e. The summed E-state index contributed by atoms with van der Waals surface area (Å²) < 4.78 is 0. The summed E-state index contributed by atoms with van der Waals surface area (Å²) in [4.78, 5) is 10.9. The maximum atomic E-state index is 11.3. The van der Waals surface area contributed by atoms with Gasteiger partial charge in [0.2, 0.25) is 0 Å². The highest BCUT2D eigenvalue weighted by atomic mass is 16.4. The first-order chi connectivity index (χ1) is 12.8. The van der Waals surface area contributed by atoms with Gasteiger partial charge in [0.15, 0.2) is 0 Å². The predicted molar refractivity (Wildman–Crippen MR) is 104 cm³/mol. The molecular weight excluding hydrogens is 340 g/mol. The van der Waals surface area contributed by atoms with Crippen LogP contribution in [0.5, 0.6) is 0 Å². The molecule has 27 heavy (non-hydrogen) atoms. The molecule has 0 heterocycles. The number of aliphatic hydroxyl groups is 2. The minimum atomic E-state index is -0.704. The molecule has 4 aliphatic rings. The fourth-order valence-corrected chi connectivity index (χ4v) is 8.29. The van der Waals surface area contributed by atoms with E-state index in [4.69, 9.17) is 5.11 Å². The van der Waals surface area contributed by atoms with E-state index in [2.05, 4.69) is 13.8 Å². The minimum absolute atomic E-state index is 0.0307. The fourth-order valence-electron chi connectivity index (χ4n) is 8.29. The zero-order chi connectivity index (χ0) is 19.4. The molecule has 0 aromatic rings. The first-order valence-electron chi connectivity index (χ1n) is 11.3. The molecular formula is C23H38O4. The summed E-state index contributed by atoms with van der Waals surface area (Å²) in [6, 6.07) is 0. The van der Waals surface area contributed by atoms with Gasteiger partial charge in [-0.25, -0.2) is 0 Å². The highest BCUT2D eigenvalue weighted by Gasteiger charge is 2.62. The van der Waals surface area contributed by atoms with E-state index >= 15 is 0 Å². The molecule has 0 aliphatic heterocycles. The van der Waals surface area contributed by atoms with Crippen LogP contribution in [-0.4, -0.2) is 33.5 Å². The van der Waals surface area contributed by atoms with Crippen LogP contribution in [0.3, 0.4) is 0 Å². The Bertz CT molecular complexity index is 577. The van der Waals surface area contributed by atoms with E-state index in [0.29, 0.717) is 29.6 Å². The van der Waals surface area contributed by atoms with Gasteiger partial charge in [0.1, 0.15) is 0 Å². The zero-order valence-electron chi connectivity index (χ0n) is 17.1. The number of hydrogen-bond acceptors (Lipinski definition) is 3. The lowest BCUT2D eigenvalue weighted by molar-refractivity contribution is -0.171. The van der Waals surface area contributed by atoms with Crippen LogP contribution < -0.4 is 0 Å². The number of rotatable bonds is 4. The average Bonchev–Trinajstić information content (AvgIpc) is 2.95. The van der Waals surface area contributed by atoms with Crippen LogP contribution in [0, 0.1) is 40.4 Å². The van der Waals surface area contributed by atoms with Crippen LogP contribution in [-0.2, 0) is 4.79 Å². The molecule has 4 rings (SSSR count). The molecule has 0 bridgehead atoms. The number of carbonyl (C=O) groups is 1. The van der Waals surface area contributed by atoms with E-state index in [1.54, 1.807) is 0 Å². The predicted octanol–water partition coefficient (Wildman–Crippen LogP) is 4.23. The molecule has 0 aromatic carbocycles. The molecule has 4 aliphatic carbocycles. The van der Waals surface area contributed by atoms with Crippen molar-refractivity contribution >= 4 is 5.97 Å². The maximum Gasteiger partial charge on any atom is 0.303 e. The summed E-state index contributed by atoms with van der Waals surface area (Å²) in [5.74, 6) is 2.27. The summed E-state index contributed by atoms with van der Waals surface area (Å²) >= 11 is 0. The monoisotopic (exact) mass is 378 g/mol. The lowest BCUT2D eigenvalue weighted by Gasteiger charge is -2.62. The molecule has 0 amide bonds. The molecule has 4 nitrogen and oxygen atoms in total. The summed E-state index contributed by atoms with van der Waals surface area (Å²) in [5, 5.41) is 30.5. The molecule has 0 radical (unpaired) electrons. The van der Waals surface area contributed by atoms with E-state index in [-0.39, 0.29) is 29.5 Å². The van der Waals surface area contributed by atoms with Crippen LogP contribution in [0.2, 0.25) is 0 Å². The molecule has 4 heteroatoms. The number of carboxylic acid groups (broad SMARTS) is 1. The lowest BCUT2D eigenvalue weighted by atomic mass is 9.44. The van der Waals surface area contributed by atoms with Crippen molar-refractivity contribution in [3.8, 4) is 0 Å². The van der Waals surface area contributed by atoms with Gasteiger partial charge in [0.05, 0.1) is 12.2 Å². The summed E-state index contributed by atoms with van der Waals surface area (Å²) in [6.45, 7) is 4.77. The standard InChI is InChI=1S/C23H38O4/c1-22-11-10-16(24)12-15(22)6-8-17-18-9-7-14(4-3-5-21(26)27)23(18,2)20(25)13-19(17)22/h14-20,24-25H,3-13H2,1-2H3,(H,26,27)/t14?,15?,16-,17?,18?,19?,20+,22+,23-/m1/s1. The van der Waals surface area contributed by atoms with Gasteiger partial charge in [-0.3, -0.25) is 4.79 Å². The van der Waals surface area contributed by atoms with Crippen molar-refractivity contribution in [1.29, 1.82) is 0 Å². The first kappa shape index (κ1) is 19.7. The van der Waals surface area contributed by atoms with Crippen molar-refractivity contribution in [3.63, 3.8) is 0 Å². The van der Waals surface area contributed by atoms with E-state index in [1.165, 1.54) is 19.3 Å². The largest absolute Gasteiger partial charge is 0.481 e. The first-order valence-corrected chi connectivity index (χ1v) is 11.3. The van der Waals surface area contributed by atoms with Crippen molar-refractivity contribution in [2.45, 2.75) is 96.7 Å². The molecule has 4 saturated carbocycles. The SMILES string of the molecule is C[C@]12CC[C@@H](O)CC1CCC1C2C[C@H](O)[C@]2(C)C(CCCC(=O)O)CCC12. The normalized spacial score (nSPS) is 51.9.